The number of carbonyl (C=O) groups is 2. The maximum atomic E-state index is 10.9. The van der Waals surface area contributed by atoms with Crippen LogP contribution in [-0.2, 0) is 9.59 Å². The number of hydrogen-bond acceptors (Lipinski definition) is 4. The average molecular weight is 315 g/mol. The van der Waals surface area contributed by atoms with Crippen molar-refractivity contribution in [3.05, 3.63) is 28.2 Å². The molecule has 1 rings (SSSR count). The number of aliphatic carboxylic acids is 1. The van der Waals surface area contributed by atoms with Crippen LogP contribution in [0.1, 0.15) is 12.5 Å². The van der Waals surface area contributed by atoms with Gasteiger partial charge in [-0.3, -0.25) is 4.79 Å². The van der Waals surface area contributed by atoms with Crippen LogP contribution in [0.3, 0.4) is 0 Å². The van der Waals surface area contributed by atoms with Crippen LogP contribution in [0.5, 0.6) is 11.5 Å². The van der Waals surface area contributed by atoms with Gasteiger partial charge in [0.2, 0.25) is 0 Å². The highest BCUT2D eigenvalue weighted by atomic mass is 79.9. The molecule has 6 heteroatoms. The zero-order valence-corrected chi connectivity index (χ0v) is 11.4. The third-order valence-electron chi connectivity index (χ3n) is 1.94. The Bertz CT molecular complexity index is 507. The number of halogens is 1. The summed E-state index contributed by atoms with van der Waals surface area (Å²) >= 11 is 3.26. The molecule has 0 saturated heterocycles. The van der Waals surface area contributed by atoms with Crippen molar-refractivity contribution in [1.82, 2.24) is 0 Å². The van der Waals surface area contributed by atoms with Crippen molar-refractivity contribution < 1.29 is 24.2 Å². The van der Waals surface area contributed by atoms with E-state index in [1.54, 1.807) is 12.1 Å². The van der Waals surface area contributed by atoms with Crippen molar-refractivity contribution in [2.45, 2.75) is 6.92 Å². The summed E-state index contributed by atoms with van der Waals surface area (Å²) in [7, 11) is 1.43. The van der Waals surface area contributed by atoms with Crippen LogP contribution in [0.15, 0.2) is 22.7 Å². The number of carboxylic acid groups (broad SMARTS) is 1. The molecule has 0 aliphatic carbocycles. The maximum Gasteiger partial charge on any atom is 0.328 e. The fraction of sp³-hybridized carbons (Fsp3) is 0.167. The number of methoxy groups -OCH3 is 1. The second-order valence-corrected chi connectivity index (χ2v) is 4.14. The molecule has 1 N–H and O–H groups in total. The van der Waals surface area contributed by atoms with Crippen molar-refractivity contribution in [3.8, 4) is 11.5 Å². The molecular weight excluding hydrogens is 304 g/mol. The second-order valence-electron chi connectivity index (χ2n) is 3.29. The number of carboxylic acids is 1. The predicted octanol–water partition coefficient (Wildman–Crippen LogP) is 2.48. The Labute approximate surface area is 112 Å². The molecule has 5 nitrogen and oxygen atoms in total. The largest absolute Gasteiger partial charge is 0.493 e. The third kappa shape index (κ3) is 3.89. The average Bonchev–Trinajstić information content (AvgIpc) is 2.27. The predicted molar refractivity (Wildman–Crippen MR) is 68.7 cm³/mol. The van der Waals surface area contributed by atoms with Crippen LogP contribution in [-0.4, -0.2) is 24.2 Å². The summed E-state index contributed by atoms with van der Waals surface area (Å²) in [4.78, 5) is 21.4. The van der Waals surface area contributed by atoms with Crippen molar-refractivity contribution in [2.75, 3.05) is 7.11 Å². The first kappa shape index (κ1) is 14.2. The molecular formula is C12H11BrO5. The normalized spacial score (nSPS) is 10.4. The lowest BCUT2D eigenvalue weighted by Crippen LogP contribution is -2.03. The van der Waals surface area contributed by atoms with Gasteiger partial charge in [-0.1, -0.05) is 15.9 Å². The SMILES string of the molecule is COc1cc(C=CC(=O)O)c(Br)cc1OC(C)=O. The Morgan fingerprint density at radius 2 is 2.00 bits per heavy atom. The Morgan fingerprint density at radius 1 is 1.33 bits per heavy atom. The summed E-state index contributed by atoms with van der Waals surface area (Å²) in [5.74, 6) is -0.901. The summed E-state index contributed by atoms with van der Waals surface area (Å²) in [6.07, 6.45) is 2.41. The second kappa shape index (κ2) is 6.20. The first-order valence-electron chi connectivity index (χ1n) is 4.91. The van der Waals surface area contributed by atoms with E-state index in [9.17, 15) is 9.59 Å². The molecule has 0 heterocycles. The monoisotopic (exact) mass is 314 g/mol. The lowest BCUT2D eigenvalue weighted by atomic mass is 10.2. The summed E-state index contributed by atoms with van der Waals surface area (Å²) in [5.41, 5.74) is 0.602. The maximum absolute atomic E-state index is 10.9. The van der Waals surface area contributed by atoms with Gasteiger partial charge >= 0.3 is 11.9 Å². The van der Waals surface area contributed by atoms with E-state index in [0.717, 1.165) is 6.08 Å². The van der Waals surface area contributed by atoms with Crippen molar-refractivity contribution in [2.24, 2.45) is 0 Å². The molecule has 18 heavy (non-hydrogen) atoms. The van der Waals surface area contributed by atoms with Gasteiger partial charge in [0.25, 0.3) is 0 Å². The Morgan fingerprint density at radius 3 is 2.50 bits per heavy atom. The van der Waals surface area contributed by atoms with Crippen LogP contribution in [0.2, 0.25) is 0 Å². The lowest BCUT2D eigenvalue weighted by molar-refractivity contribution is -0.132. The highest BCUT2D eigenvalue weighted by Gasteiger charge is 2.10. The van der Waals surface area contributed by atoms with Gasteiger partial charge in [0.1, 0.15) is 0 Å². The van der Waals surface area contributed by atoms with Crippen LogP contribution in [0.4, 0.5) is 0 Å². The third-order valence-corrected chi connectivity index (χ3v) is 2.63. The quantitative estimate of drug-likeness (QED) is 0.525. The van der Waals surface area contributed by atoms with E-state index in [2.05, 4.69) is 15.9 Å². The van der Waals surface area contributed by atoms with E-state index in [0.29, 0.717) is 15.8 Å². The van der Waals surface area contributed by atoms with E-state index < -0.39 is 11.9 Å². The molecule has 0 atom stereocenters. The molecule has 0 aliphatic heterocycles. The smallest absolute Gasteiger partial charge is 0.328 e. The minimum absolute atomic E-state index is 0.268. The van der Waals surface area contributed by atoms with E-state index in [1.807, 2.05) is 0 Å². The van der Waals surface area contributed by atoms with Gasteiger partial charge in [-0.15, -0.1) is 0 Å². The Kier molecular flexibility index (Phi) is 4.91. The van der Waals surface area contributed by atoms with Crippen LogP contribution in [0.25, 0.3) is 6.08 Å². The van der Waals surface area contributed by atoms with Gasteiger partial charge in [-0.25, -0.2) is 4.79 Å². The van der Waals surface area contributed by atoms with E-state index in [1.165, 1.54) is 20.1 Å². The van der Waals surface area contributed by atoms with Crippen molar-refractivity contribution in [3.63, 3.8) is 0 Å². The highest BCUT2D eigenvalue weighted by molar-refractivity contribution is 9.10. The summed E-state index contributed by atoms with van der Waals surface area (Å²) in [6, 6.07) is 3.11. The molecule has 0 unspecified atom stereocenters. The molecule has 0 fully saturated rings. The molecule has 0 bridgehead atoms. The van der Waals surface area contributed by atoms with Gasteiger partial charge in [0.15, 0.2) is 11.5 Å². The zero-order valence-electron chi connectivity index (χ0n) is 9.77. The Balaban J connectivity index is 3.17. The number of hydrogen-bond donors (Lipinski definition) is 1. The van der Waals surface area contributed by atoms with Crippen LogP contribution in [0, 0.1) is 0 Å². The molecule has 0 amide bonds. The first-order valence-corrected chi connectivity index (χ1v) is 5.70. The lowest BCUT2D eigenvalue weighted by Gasteiger charge is -2.10. The highest BCUT2D eigenvalue weighted by Crippen LogP contribution is 2.34. The summed E-state index contributed by atoms with van der Waals surface area (Å²) in [5, 5.41) is 8.56. The molecule has 0 aromatic heterocycles. The van der Waals surface area contributed by atoms with Gasteiger partial charge in [0.05, 0.1) is 7.11 Å². The number of carbonyl (C=O) groups excluding carboxylic acids is 1. The molecule has 0 radical (unpaired) electrons. The van der Waals surface area contributed by atoms with Gasteiger partial charge in [-0.2, -0.15) is 0 Å². The number of esters is 1. The fourth-order valence-corrected chi connectivity index (χ4v) is 1.69. The molecule has 0 spiro atoms. The number of benzene rings is 1. The fourth-order valence-electron chi connectivity index (χ4n) is 1.23. The Hall–Kier alpha value is -1.82. The number of rotatable bonds is 4. The number of ether oxygens (including phenoxy) is 2. The van der Waals surface area contributed by atoms with Crippen LogP contribution < -0.4 is 9.47 Å². The summed E-state index contributed by atoms with van der Waals surface area (Å²) < 4.78 is 10.6. The topological polar surface area (TPSA) is 72.8 Å². The van der Waals surface area contributed by atoms with Gasteiger partial charge < -0.3 is 14.6 Å². The van der Waals surface area contributed by atoms with Crippen molar-refractivity contribution >= 4 is 33.9 Å². The molecule has 96 valence electrons. The molecule has 1 aromatic carbocycles. The van der Waals surface area contributed by atoms with E-state index in [-0.39, 0.29) is 5.75 Å². The minimum Gasteiger partial charge on any atom is -0.493 e. The minimum atomic E-state index is -1.05. The standard InChI is InChI=1S/C12H11BrO5/c1-7(14)18-11-6-9(13)8(3-4-12(15)16)5-10(11)17-2/h3-6H,1-2H3,(H,15,16). The molecule has 0 aliphatic rings. The van der Waals surface area contributed by atoms with Gasteiger partial charge in [0, 0.05) is 17.5 Å². The van der Waals surface area contributed by atoms with Gasteiger partial charge in [-0.05, 0) is 23.8 Å². The zero-order chi connectivity index (χ0) is 13.7. The van der Waals surface area contributed by atoms with Crippen molar-refractivity contribution in [1.29, 1.82) is 0 Å². The molecule has 0 saturated carbocycles. The summed E-state index contributed by atoms with van der Waals surface area (Å²) in [6.45, 7) is 1.28. The van der Waals surface area contributed by atoms with E-state index in [4.69, 9.17) is 14.6 Å². The van der Waals surface area contributed by atoms with Crippen LogP contribution >= 0.6 is 15.9 Å². The van der Waals surface area contributed by atoms with E-state index >= 15 is 0 Å². The molecule has 1 aromatic rings. The first-order chi connectivity index (χ1) is 8.43.